The Morgan fingerprint density at radius 1 is 1.25 bits per heavy atom. The van der Waals surface area contributed by atoms with Gasteiger partial charge in [0.2, 0.25) is 0 Å². The third kappa shape index (κ3) is 3.76. The Labute approximate surface area is 124 Å². The van der Waals surface area contributed by atoms with E-state index in [0.29, 0.717) is 18.0 Å². The summed E-state index contributed by atoms with van der Waals surface area (Å²) in [5.41, 5.74) is 2.83. The lowest BCUT2D eigenvalue weighted by Crippen LogP contribution is -2.56. The summed E-state index contributed by atoms with van der Waals surface area (Å²) in [4.78, 5) is 2.58. The predicted octanol–water partition coefficient (Wildman–Crippen LogP) is 4.02. The summed E-state index contributed by atoms with van der Waals surface area (Å²) in [6.45, 7) is 13.7. The lowest BCUT2D eigenvalue weighted by Gasteiger charge is -2.41. The predicted molar refractivity (Wildman–Crippen MR) is 88.6 cm³/mol. The first-order valence-corrected chi connectivity index (χ1v) is 8.07. The van der Waals surface area contributed by atoms with Gasteiger partial charge in [0.1, 0.15) is 0 Å². The normalized spacial score (nSPS) is 23.6. The van der Waals surface area contributed by atoms with Crippen LogP contribution in [-0.2, 0) is 0 Å². The first-order valence-electron chi connectivity index (χ1n) is 8.07. The minimum Gasteiger partial charge on any atom is -0.366 e. The van der Waals surface area contributed by atoms with Gasteiger partial charge in [0.15, 0.2) is 0 Å². The fraction of sp³-hybridized carbons (Fsp3) is 0.667. The highest BCUT2D eigenvalue weighted by atomic mass is 15.2. The van der Waals surface area contributed by atoms with Crippen molar-refractivity contribution in [2.45, 2.75) is 59.0 Å². The molecule has 1 aromatic rings. The van der Waals surface area contributed by atoms with Crippen molar-refractivity contribution in [3.8, 4) is 0 Å². The molecule has 0 amide bonds. The quantitative estimate of drug-likeness (QED) is 0.892. The number of anilines is 1. The van der Waals surface area contributed by atoms with Gasteiger partial charge in [-0.15, -0.1) is 0 Å². The van der Waals surface area contributed by atoms with Crippen molar-refractivity contribution in [3.05, 3.63) is 29.8 Å². The van der Waals surface area contributed by atoms with Gasteiger partial charge in [-0.2, -0.15) is 0 Å². The highest BCUT2D eigenvalue weighted by Crippen LogP contribution is 2.25. The van der Waals surface area contributed by atoms with Crippen LogP contribution in [0.15, 0.2) is 24.3 Å². The lowest BCUT2D eigenvalue weighted by atomic mass is 9.98. The number of rotatable bonds is 4. The van der Waals surface area contributed by atoms with Crippen LogP contribution in [0, 0.1) is 5.92 Å². The van der Waals surface area contributed by atoms with Crippen LogP contribution >= 0.6 is 0 Å². The second kappa shape index (κ2) is 6.62. The molecular formula is C18H30N2. The molecule has 1 aromatic carbocycles. The third-order valence-corrected chi connectivity index (χ3v) is 4.28. The van der Waals surface area contributed by atoms with E-state index in [-0.39, 0.29) is 0 Å². The molecule has 0 aliphatic carbocycles. The van der Waals surface area contributed by atoms with Crippen molar-refractivity contribution in [1.29, 1.82) is 0 Å². The van der Waals surface area contributed by atoms with Crippen LogP contribution in [0.5, 0.6) is 0 Å². The largest absolute Gasteiger partial charge is 0.366 e. The first-order chi connectivity index (χ1) is 9.47. The zero-order valence-corrected chi connectivity index (χ0v) is 13.7. The Bertz CT molecular complexity index is 425. The molecule has 0 bridgehead atoms. The Balaban J connectivity index is 2.14. The van der Waals surface area contributed by atoms with E-state index in [2.05, 4.69) is 69.1 Å². The van der Waals surface area contributed by atoms with Gasteiger partial charge in [0.05, 0.1) is 0 Å². The van der Waals surface area contributed by atoms with Crippen molar-refractivity contribution < 1.29 is 0 Å². The second-order valence-corrected chi connectivity index (χ2v) is 6.99. The summed E-state index contributed by atoms with van der Waals surface area (Å²) in [7, 11) is 0. The summed E-state index contributed by atoms with van der Waals surface area (Å²) in [5.74, 6) is 1.35. The molecule has 0 saturated carbocycles. The van der Waals surface area contributed by atoms with Crippen molar-refractivity contribution in [2.75, 3.05) is 18.0 Å². The number of benzene rings is 1. The molecule has 1 fully saturated rings. The second-order valence-electron chi connectivity index (χ2n) is 6.99. The molecule has 112 valence electrons. The summed E-state index contributed by atoms with van der Waals surface area (Å²) in [6, 6.07) is 10.3. The van der Waals surface area contributed by atoms with Crippen LogP contribution in [0.3, 0.4) is 0 Å². The number of hydrogen-bond donors (Lipinski definition) is 1. The molecule has 2 rings (SSSR count). The van der Waals surface area contributed by atoms with Gasteiger partial charge in [0.25, 0.3) is 0 Å². The monoisotopic (exact) mass is 274 g/mol. The number of piperazine rings is 1. The summed E-state index contributed by atoms with van der Waals surface area (Å²) in [5, 5.41) is 3.70. The average molecular weight is 274 g/mol. The van der Waals surface area contributed by atoms with Crippen molar-refractivity contribution >= 4 is 5.69 Å². The summed E-state index contributed by atoms with van der Waals surface area (Å²) < 4.78 is 0. The molecule has 2 atom stereocenters. The molecule has 1 aliphatic heterocycles. The van der Waals surface area contributed by atoms with E-state index < -0.39 is 0 Å². The topological polar surface area (TPSA) is 15.3 Å². The van der Waals surface area contributed by atoms with Gasteiger partial charge in [-0.1, -0.05) is 39.8 Å². The van der Waals surface area contributed by atoms with Gasteiger partial charge >= 0.3 is 0 Å². The highest BCUT2D eigenvalue weighted by molar-refractivity contribution is 5.50. The van der Waals surface area contributed by atoms with Gasteiger partial charge in [0, 0.05) is 30.9 Å². The maximum atomic E-state index is 3.70. The Morgan fingerprint density at radius 2 is 2.00 bits per heavy atom. The molecule has 0 spiro atoms. The molecule has 0 aromatic heterocycles. The SMILES string of the molecule is CC(C)CC1CN(c2cccc(C(C)C)c2)C(C)CN1. The summed E-state index contributed by atoms with van der Waals surface area (Å²) in [6.07, 6.45) is 1.26. The maximum Gasteiger partial charge on any atom is 0.0387 e. The number of nitrogens with one attached hydrogen (secondary N) is 1. The van der Waals surface area contributed by atoms with Crippen molar-refractivity contribution in [1.82, 2.24) is 5.32 Å². The first kappa shape index (κ1) is 15.4. The van der Waals surface area contributed by atoms with Crippen molar-refractivity contribution in [2.24, 2.45) is 5.92 Å². The number of hydrogen-bond acceptors (Lipinski definition) is 2. The van der Waals surface area contributed by atoms with E-state index in [1.807, 2.05) is 0 Å². The van der Waals surface area contributed by atoms with Crippen LogP contribution in [0.25, 0.3) is 0 Å². The van der Waals surface area contributed by atoms with Crippen LogP contribution in [-0.4, -0.2) is 25.2 Å². The average Bonchev–Trinajstić information content (AvgIpc) is 2.40. The molecule has 1 aliphatic rings. The van der Waals surface area contributed by atoms with E-state index in [0.717, 1.165) is 19.0 Å². The molecule has 20 heavy (non-hydrogen) atoms. The Morgan fingerprint density at radius 3 is 2.65 bits per heavy atom. The van der Waals surface area contributed by atoms with Gasteiger partial charge < -0.3 is 10.2 Å². The Hall–Kier alpha value is -1.02. The van der Waals surface area contributed by atoms with Gasteiger partial charge in [-0.05, 0) is 42.9 Å². The highest BCUT2D eigenvalue weighted by Gasteiger charge is 2.25. The van der Waals surface area contributed by atoms with E-state index in [1.54, 1.807) is 0 Å². The van der Waals surface area contributed by atoms with E-state index >= 15 is 0 Å². The molecular weight excluding hydrogens is 244 g/mol. The van der Waals surface area contributed by atoms with Crippen molar-refractivity contribution in [3.63, 3.8) is 0 Å². The maximum absolute atomic E-state index is 3.70. The Kier molecular flexibility index (Phi) is 5.09. The van der Waals surface area contributed by atoms with Gasteiger partial charge in [-0.25, -0.2) is 0 Å². The van der Waals surface area contributed by atoms with Crippen LogP contribution in [0.1, 0.15) is 52.5 Å². The smallest absolute Gasteiger partial charge is 0.0387 e. The van der Waals surface area contributed by atoms with Crippen LogP contribution < -0.4 is 10.2 Å². The van der Waals surface area contributed by atoms with E-state index in [1.165, 1.54) is 17.7 Å². The molecule has 1 saturated heterocycles. The van der Waals surface area contributed by atoms with Gasteiger partial charge in [-0.3, -0.25) is 0 Å². The fourth-order valence-corrected chi connectivity index (χ4v) is 3.08. The standard InChI is InChI=1S/C18H30N2/c1-13(2)9-17-12-20(15(5)11-19-17)18-8-6-7-16(10-18)14(3)4/h6-8,10,13-15,17,19H,9,11-12H2,1-5H3. The molecule has 2 unspecified atom stereocenters. The molecule has 2 heteroatoms. The molecule has 1 heterocycles. The zero-order valence-electron chi connectivity index (χ0n) is 13.7. The lowest BCUT2D eigenvalue weighted by molar-refractivity contribution is 0.356. The molecule has 1 N–H and O–H groups in total. The molecule has 0 radical (unpaired) electrons. The zero-order chi connectivity index (χ0) is 14.7. The molecule has 2 nitrogen and oxygen atoms in total. The minimum atomic E-state index is 0.570. The third-order valence-electron chi connectivity index (χ3n) is 4.28. The van der Waals surface area contributed by atoms with Crippen LogP contribution in [0.4, 0.5) is 5.69 Å². The summed E-state index contributed by atoms with van der Waals surface area (Å²) >= 11 is 0. The van der Waals surface area contributed by atoms with E-state index in [4.69, 9.17) is 0 Å². The van der Waals surface area contributed by atoms with Crippen LogP contribution in [0.2, 0.25) is 0 Å². The fourth-order valence-electron chi connectivity index (χ4n) is 3.08. The van der Waals surface area contributed by atoms with E-state index in [9.17, 15) is 0 Å². The number of nitrogens with zero attached hydrogens (tertiary/aromatic N) is 1. The minimum absolute atomic E-state index is 0.570.